The Kier molecular flexibility index (Phi) is 5.34. The van der Waals surface area contributed by atoms with Crippen LogP contribution in [0.1, 0.15) is 47.2 Å². The predicted octanol–water partition coefficient (Wildman–Crippen LogP) is 4.26. The number of rotatable bonds is 4. The van der Waals surface area contributed by atoms with E-state index in [9.17, 15) is 13.2 Å². The predicted molar refractivity (Wildman–Crippen MR) is 110 cm³/mol. The molecule has 0 spiro atoms. The van der Waals surface area contributed by atoms with Gasteiger partial charge in [0.05, 0.1) is 16.1 Å². The molecule has 7 heteroatoms. The molecule has 2 aromatic carbocycles. The summed E-state index contributed by atoms with van der Waals surface area (Å²) in [5, 5.41) is 0.376. The van der Waals surface area contributed by atoms with Crippen LogP contribution in [0.3, 0.4) is 0 Å². The van der Waals surface area contributed by atoms with E-state index in [-0.39, 0.29) is 16.5 Å². The van der Waals surface area contributed by atoms with Gasteiger partial charge in [0, 0.05) is 18.1 Å². The summed E-state index contributed by atoms with van der Waals surface area (Å²) >= 11 is 6.09. The molecule has 1 aliphatic carbocycles. The van der Waals surface area contributed by atoms with E-state index in [1.807, 2.05) is 6.07 Å². The van der Waals surface area contributed by atoms with Crippen LogP contribution in [-0.2, 0) is 22.9 Å². The highest BCUT2D eigenvalue weighted by atomic mass is 35.5. The lowest BCUT2D eigenvalue weighted by molar-refractivity contribution is 0.0794. The van der Waals surface area contributed by atoms with Crippen molar-refractivity contribution < 1.29 is 13.2 Å². The van der Waals surface area contributed by atoms with E-state index >= 15 is 0 Å². The highest BCUT2D eigenvalue weighted by Gasteiger charge is 2.25. The molecule has 0 radical (unpaired) electrons. The lowest BCUT2D eigenvalue weighted by Crippen LogP contribution is -2.29. The summed E-state index contributed by atoms with van der Waals surface area (Å²) < 4.78 is 28.6. The molecule has 1 amide bonds. The number of aryl methyl sites for hydroxylation is 2. The number of carbonyl (C=O) groups excluding carboxylic acids is 1. The highest BCUT2D eigenvalue weighted by molar-refractivity contribution is 7.92. The van der Waals surface area contributed by atoms with Gasteiger partial charge in [-0.1, -0.05) is 17.7 Å². The summed E-state index contributed by atoms with van der Waals surface area (Å²) in [6, 6.07) is 10.00. The number of halogens is 1. The number of sulfonamides is 1. The molecule has 1 N–H and O–H groups in total. The van der Waals surface area contributed by atoms with Crippen molar-refractivity contribution in [3.8, 4) is 0 Å². The summed E-state index contributed by atoms with van der Waals surface area (Å²) in [5.41, 5.74) is 2.86. The second-order valence-corrected chi connectivity index (χ2v) is 9.55. The molecule has 148 valence electrons. The van der Waals surface area contributed by atoms with E-state index in [1.54, 1.807) is 29.2 Å². The van der Waals surface area contributed by atoms with Crippen molar-refractivity contribution in [3.05, 3.63) is 58.1 Å². The molecule has 1 heterocycles. The van der Waals surface area contributed by atoms with E-state index in [2.05, 4.69) is 4.72 Å². The maximum Gasteiger partial charge on any atom is 0.261 e. The molecule has 2 aliphatic rings. The lowest BCUT2D eigenvalue weighted by atomic mass is 9.92. The van der Waals surface area contributed by atoms with Crippen LogP contribution in [0.2, 0.25) is 5.02 Å². The summed E-state index contributed by atoms with van der Waals surface area (Å²) in [6.45, 7) is 1.39. The molecular weight excluding hydrogens is 396 g/mol. The molecule has 0 unspecified atom stereocenters. The monoisotopic (exact) mass is 418 g/mol. The average Bonchev–Trinajstić information content (AvgIpc) is 3.22. The van der Waals surface area contributed by atoms with Crippen LogP contribution in [0.15, 0.2) is 41.3 Å². The Labute approximate surface area is 170 Å². The number of hydrogen-bond acceptors (Lipinski definition) is 3. The van der Waals surface area contributed by atoms with Gasteiger partial charge in [0.1, 0.15) is 0 Å². The van der Waals surface area contributed by atoms with Gasteiger partial charge in [0.25, 0.3) is 15.9 Å². The van der Waals surface area contributed by atoms with E-state index in [0.29, 0.717) is 23.7 Å². The minimum atomic E-state index is -3.82. The first kappa shape index (κ1) is 19.3. The van der Waals surface area contributed by atoms with Gasteiger partial charge in [0.15, 0.2) is 0 Å². The normalized spacial score (nSPS) is 16.7. The van der Waals surface area contributed by atoms with Crippen molar-refractivity contribution in [3.63, 3.8) is 0 Å². The topological polar surface area (TPSA) is 66.5 Å². The molecular formula is C21H23ClN2O3S. The van der Waals surface area contributed by atoms with Crippen LogP contribution < -0.4 is 4.72 Å². The van der Waals surface area contributed by atoms with Crippen molar-refractivity contribution in [1.82, 2.24) is 4.90 Å². The number of carbonyl (C=O) groups is 1. The number of hydrogen-bond donors (Lipinski definition) is 1. The Morgan fingerprint density at radius 2 is 1.64 bits per heavy atom. The maximum absolute atomic E-state index is 13.0. The Morgan fingerprint density at radius 1 is 0.929 bits per heavy atom. The number of benzene rings is 2. The number of amides is 1. The van der Waals surface area contributed by atoms with Gasteiger partial charge < -0.3 is 4.90 Å². The van der Waals surface area contributed by atoms with Gasteiger partial charge >= 0.3 is 0 Å². The molecule has 5 nitrogen and oxygen atoms in total. The van der Waals surface area contributed by atoms with Gasteiger partial charge in [-0.05, 0) is 80.0 Å². The molecule has 1 fully saturated rings. The third kappa shape index (κ3) is 3.89. The summed E-state index contributed by atoms with van der Waals surface area (Å²) in [5.74, 6) is -0.169. The van der Waals surface area contributed by atoms with Crippen molar-refractivity contribution in [1.29, 1.82) is 0 Å². The quantitative estimate of drug-likeness (QED) is 0.806. The Balaban J connectivity index is 1.66. The van der Waals surface area contributed by atoms with Crippen molar-refractivity contribution in [2.75, 3.05) is 17.8 Å². The molecule has 1 aliphatic heterocycles. The van der Waals surface area contributed by atoms with Crippen LogP contribution in [0, 0.1) is 0 Å². The number of nitrogens with zero attached hydrogens (tertiary/aromatic N) is 1. The third-order valence-electron chi connectivity index (χ3n) is 5.48. The van der Waals surface area contributed by atoms with E-state index in [0.717, 1.165) is 44.1 Å². The fourth-order valence-corrected chi connectivity index (χ4v) is 5.25. The molecule has 4 rings (SSSR count). The summed E-state index contributed by atoms with van der Waals surface area (Å²) in [4.78, 5) is 14.8. The van der Waals surface area contributed by atoms with E-state index in [1.165, 1.54) is 11.6 Å². The zero-order valence-electron chi connectivity index (χ0n) is 15.6. The van der Waals surface area contributed by atoms with Gasteiger partial charge in [-0.3, -0.25) is 9.52 Å². The number of nitrogens with one attached hydrogen (secondary N) is 1. The summed E-state index contributed by atoms with van der Waals surface area (Å²) in [7, 11) is -3.82. The van der Waals surface area contributed by atoms with Gasteiger partial charge in [-0.25, -0.2) is 8.42 Å². The SMILES string of the molecule is O=C(c1ccc(Cl)cc1NS(=O)(=O)c1ccc2c(c1)CCCC2)N1CCCC1. The van der Waals surface area contributed by atoms with Crippen LogP contribution in [-0.4, -0.2) is 32.3 Å². The number of anilines is 1. The first-order valence-corrected chi connectivity index (χ1v) is 11.5. The number of likely N-dealkylation sites (tertiary alicyclic amines) is 1. The lowest BCUT2D eigenvalue weighted by Gasteiger charge is -2.20. The molecule has 28 heavy (non-hydrogen) atoms. The van der Waals surface area contributed by atoms with Crippen LogP contribution in [0.25, 0.3) is 0 Å². The van der Waals surface area contributed by atoms with Crippen LogP contribution in [0.4, 0.5) is 5.69 Å². The minimum Gasteiger partial charge on any atom is -0.339 e. The Hall–Kier alpha value is -2.05. The molecule has 1 saturated heterocycles. The highest BCUT2D eigenvalue weighted by Crippen LogP contribution is 2.28. The zero-order valence-corrected chi connectivity index (χ0v) is 17.2. The minimum absolute atomic E-state index is 0.169. The van der Waals surface area contributed by atoms with Gasteiger partial charge in [-0.2, -0.15) is 0 Å². The summed E-state index contributed by atoms with van der Waals surface area (Å²) in [6.07, 6.45) is 6.04. The number of fused-ring (bicyclic) bond motifs is 1. The van der Waals surface area contributed by atoms with E-state index < -0.39 is 10.0 Å². The Bertz CT molecular complexity index is 1010. The zero-order chi connectivity index (χ0) is 19.7. The first-order chi connectivity index (χ1) is 13.4. The average molecular weight is 419 g/mol. The largest absolute Gasteiger partial charge is 0.339 e. The standard InChI is InChI=1S/C21H23ClN2O3S/c22-17-8-10-19(21(25)24-11-3-4-12-24)20(14-17)23-28(26,27)18-9-7-15-5-1-2-6-16(15)13-18/h7-10,13-14,23H,1-6,11-12H2. The van der Waals surface area contributed by atoms with Crippen molar-refractivity contribution >= 4 is 33.2 Å². The molecule has 0 bridgehead atoms. The molecule has 0 saturated carbocycles. The molecule has 2 aromatic rings. The van der Waals surface area contributed by atoms with Crippen LogP contribution >= 0.6 is 11.6 Å². The van der Waals surface area contributed by atoms with Gasteiger partial charge in [0.2, 0.25) is 0 Å². The fraction of sp³-hybridized carbons (Fsp3) is 0.381. The fourth-order valence-electron chi connectivity index (χ4n) is 3.96. The first-order valence-electron chi connectivity index (χ1n) is 9.67. The second kappa shape index (κ2) is 7.76. The molecule has 0 atom stereocenters. The smallest absolute Gasteiger partial charge is 0.261 e. The van der Waals surface area contributed by atoms with Crippen LogP contribution in [0.5, 0.6) is 0 Å². The van der Waals surface area contributed by atoms with Crippen molar-refractivity contribution in [2.24, 2.45) is 0 Å². The second-order valence-electron chi connectivity index (χ2n) is 7.43. The van der Waals surface area contributed by atoms with Crippen molar-refractivity contribution in [2.45, 2.75) is 43.4 Å². The molecule has 0 aromatic heterocycles. The van der Waals surface area contributed by atoms with E-state index in [4.69, 9.17) is 11.6 Å². The van der Waals surface area contributed by atoms with Gasteiger partial charge in [-0.15, -0.1) is 0 Å². The Morgan fingerprint density at radius 3 is 2.39 bits per heavy atom. The maximum atomic E-state index is 13.0. The third-order valence-corrected chi connectivity index (χ3v) is 7.08.